The van der Waals surface area contributed by atoms with Crippen molar-refractivity contribution < 1.29 is 4.79 Å². The fourth-order valence-corrected chi connectivity index (χ4v) is 4.69. The van der Waals surface area contributed by atoms with E-state index in [0.29, 0.717) is 0 Å². The predicted octanol–water partition coefficient (Wildman–Crippen LogP) is 4.62. The van der Waals surface area contributed by atoms with Gasteiger partial charge in [-0.25, -0.2) is 0 Å². The number of carbonyl (C=O) groups excluding carboxylic acids is 1. The first-order valence-electron chi connectivity index (χ1n) is 10.4. The number of aldehydes is 1. The minimum absolute atomic E-state index is 0.769. The highest BCUT2D eigenvalue weighted by molar-refractivity contribution is 5.78. The number of piperazine rings is 1. The van der Waals surface area contributed by atoms with E-state index in [9.17, 15) is 4.79 Å². The van der Waals surface area contributed by atoms with Crippen LogP contribution in [0, 0.1) is 0 Å². The van der Waals surface area contributed by atoms with Crippen LogP contribution in [0.5, 0.6) is 0 Å². The summed E-state index contributed by atoms with van der Waals surface area (Å²) in [5.41, 5.74) is 4.50. The third-order valence-corrected chi connectivity index (χ3v) is 6.24. The van der Waals surface area contributed by atoms with Crippen molar-refractivity contribution in [2.24, 2.45) is 0 Å². The smallest absolute Gasteiger partial charge is 0.150 e. The molecule has 2 aromatic rings. The second-order valence-corrected chi connectivity index (χ2v) is 8.00. The maximum absolute atomic E-state index is 11.3. The monoisotopic (exact) mass is 362 g/mol. The summed E-state index contributed by atoms with van der Waals surface area (Å²) < 4.78 is 0. The molecule has 0 amide bonds. The molecule has 2 aliphatic rings. The third kappa shape index (κ3) is 4.48. The molecule has 4 rings (SSSR count). The Balaban J connectivity index is 1.45. The van der Waals surface area contributed by atoms with Crippen molar-refractivity contribution >= 4 is 6.29 Å². The molecule has 0 atom stereocenters. The van der Waals surface area contributed by atoms with Gasteiger partial charge in [0.05, 0.1) is 0 Å². The van der Waals surface area contributed by atoms with Crippen LogP contribution in [-0.4, -0.2) is 48.3 Å². The van der Waals surface area contributed by atoms with E-state index in [1.807, 2.05) is 12.1 Å². The maximum Gasteiger partial charge on any atom is 0.150 e. The summed E-state index contributed by atoms with van der Waals surface area (Å²) in [6, 6.07) is 17.4. The van der Waals surface area contributed by atoms with Gasteiger partial charge >= 0.3 is 0 Å². The Morgan fingerprint density at radius 2 is 1.63 bits per heavy atom. The molecule has 0 radical (unpaired) electrons. The first kappa shape index (κ1) is 18.4. The molecule has 142 valence electrons. The summed E-state index contributed by atoms with van der Waals surface area (Å²) in [6.45, 7) is 5.52. The molecular weight excluding hydrogens is 332 g/mol. The van der Waals surface area contributed by atoms with E-state index >= 15 is 0 Å². The number of nitrogens with zero attached hydrogens (tertiary/aromatic N) is 2. The summed E-state index contributed by atoms with van der Waals surface area (Å²) in [5, 5.41) is 0. The number of hydrogen-bond donors (Lipinski definition) is 0. The molecule has 1 heterocycles. The van der Waals surface area contributed by atoms with E-state index in [-0.39, 0.29) is 0 Å². The maximum atomic E-state index is 11.3. The van der Waals surface area contributed by atoms with Gasteiger partial charge < -0.3 is 0 Å². The lowest BCUT2D eigenvalue weighted by Gasteiger charge is -2.41. The van der Waals surface area contributed by atoms with Crippen molar-refractivity contribution in [1.29, 1.82) is 0 Å². The lowest BCUT2D eigenvalue weighted by molar-refractivity contribution is 0.0755. The van der Waals surface area contributed by atoms with Crippen LogP contribution >= 0.6 is 0 Å². The van der Waals surface area contributed by atoms with Crippen LogP contribution in [0.25, 0.3) is 11.1 Å². The zero-order valence-corrected chi connectivity index (χ0v) is 16.1. The Bertz CT molecular complexity index is 744. The fraction of sp³-hybridized carbons (Fsp3) is 0.458. The molecule has 2 aromatic carbocycles. The topological polar surface area (TPSA) is 23.6 Å². The van der Waals surface area contributed by atoms with Crippen LogP contribution in [0.15, 0.2) is 48.5 Å². The molecular formula is C24H30N2O. The minimum atomic E-state index is 0.769. The molecule has 0 unspecified atom stereocenters. The van der Waals surface area contributed by atoms with Gasteiger partial charge in [0.15, 0.2) is 0 Å². The molecule has 0 spiro atoms. The quantitative estimate of drug-likeness (QED) is 0.725. The second kappa shape index (κ2) is 8.81. The fourth-order valence-electron chi connectivity index (χ4n) is 4.69. The highest BCUT2D eigenvalue weighted by Gasteiger charge is 2.25. The molecule has 3 heteroatoms. The van der Waals surface area contributed by atoms with E-state index in [2.05, 4.69) is 46.2 Å². The van der Waals surface area contributed by atoms with Crippen molar-refractivity contribution in [3.63, 3.8) is 0 Å². The normalized spacial score (nSPS) is 19.9. The predicted molar refractivity (Wildman–Crippen MR) is 111 cm³/mol. The number of carbonyl (C=O) groups is 1. The molecule has 3 nitrogen and oxygen atoms in total. The zero-order valence-electron chi connectivity index (χ0n) is 16.1. The number of rotatable bonds is 5. The van der Waals surface area contributed by atoms with Gasteiger partial charge in [-0.15, -0.1) is 0 Å². The molecule has 0 N–H and O–H groups in total. The Morgan fingerprint density at radius 1 is 0.889 bits per heavy atom. The standard InChI is InChI=1S/C24H30N2O/c27-19-20-11-12-24(21-7-3-1-4-8-21)22(17-20)18-25-13-15-26(16-14-25)23-9-5-2-6-10-23/h1,3-4,7-8,11-12,17,19,23H,2,5-6,9-10,13-16,18H2. The lowest BCUT2D eigenvalue weighted by atomic mass is 9.93. The van der Waals surface area contributed by atoms with Gasteiger partial charge in [0.2, 0.25) is 0 Å². The largest absolute Gasteiger partial charge is 0.298 e. The zero-order chi connectivity index (χ0) is 18.5. The molecule has 1 saturated heterocycles. The van der Waals surface area contributed by atoms with E-state index in [1.54, 1.807) is 0 Å². The summed E-state index contributed by atoms with van der Waals surface area (Å²) in [7, 11) is 0. The van der Waals surface area contributed by atoms with Crippen molar-refractivity contribution in [3.8, 4) is 11.1 Å². The van der Waals surface area contributed by atoms with Crippen molar-refractivity contribution in [3.05, 3.63) is 59.7 Å². The van der Waals surface area contributed by atoms with Gasteiger partial charge in [0.1, 0.15) is 6.29 Å². The van der Waals surface area contributed by atoms with Gasteiger partial charge in [-0.1, -0.05) is 61.7 Å². The summed E-state index contributed by atoms with van der Waals surface area (Å²) in [6.07, 6.45) is 7.97. The average molecular weight is 363 g/mol. The Kier molecular flexibility index (Phi) is 6.00. The van der Waals surface area contributed by atoms with Gasteiger partial charge in [-0.2, -0.15) is 0 Å². The summed E-state index contributed by atoms with van der Waals surface area (Å²) in [5.74, 6) is 0. The Hall–Kier alpha value is -1.97. The minimum Gasteiger partial charge on any atom is -0.298 e. The van der Waals surface area contributed by atoms with Crippen LogP contribution in [0.1, 0.15) is 48.0 Å². The third-order valence-electron chi connectivity index (χ3n) is 6.24. The van der Waals surface area contributed by atoms with Gasteiger partial charge in [0, 0.05) is 44.3 Å². The second-order valence-electron chi connectivity index (χ2n) is 8.00. The van der Waals surface area contributed by atoms with Gasteiger partial charge in [-0.3, -0.25) is 14.6 Å². The van der Waals surface area contributed by atoms with E-state index in [4.69, 9.17) is 0 Å². The average Bonchev–Trinajstić information content (AvgIpc) is 2.75. The van der Waals surface area contributed by atoms with E-state index < -0.39 is 0 Å². The highest BCUT2D eigenvalue weighted by atomic mass is 16.1. The van der Waals surface area contributed by atoms with E-state index in [0.717, 1.165) is 37.5 Å². The summed E-state index contributed by atoms with van der Waals surface area (Å²) >= 11 is 0. The van der Waals surface area contributed by atoms with Crippen LogP contribution < -0.4 is 0 Å². The first-order chi connectivity index (χ1) is 13.3. The van der Waals surface area contributed by atoms with Crippen LogP contribution in [-0.2, 0) is 6.54 Å². The van der Waals surface area contributed by atoms with Crippen molar-refractivity contribution in [2.75, 3.05) is 26.2 Å². The molecule has 1 aliphatic heterocycles. The molecule has 1 saturated carbocycles. The molecule has 0 aromatic heterocycles. The highest BCUT2D eigenvalue weighted by Crippen LogP contribution is 2.27. The van der Waals surface area contributed by atoms with Crippen molar-refractivity contribution in [1.82, 2.24) is 9.80 Å². The number of benzene rings is 2. The van der Waals surface area contributed by atoms with Gasteiger partial charge in [0.25, 0.3) is 0 Å². The lowest BCUT2D eigenvalue weighted by Crippen LogP contribution is -2.50. The molecule has 1 aliphatic carbocycles. The van der Waals surface area contributed by atoms with Crippen LogP contribution in [0.2, 0.25) is 0 Å². The van der Waals surface area contributed by atoms with Gasteiger partial charge in [-0.05, 0) is 35.6 Å². The number of hydrogen-bond acceptors (Lipinski definition) is 3. The molecule has 27 heavy (non-hydrogen) atoms. The Morgan fingerprint density at radius 3 is 2.33 bits per heavy atom. The van der Waals surface area contributed by atoms with Crippen LogP contribution in [0.4, 0.5) is 0 Å². The SMILES string of the molecule is O=Cc1ccc(-c2ccccc2)c(CN2CCN(C3CCCCC3)CC2)c1. The summed E-state index contributed by atoms with van der Waals surface area (Å²) in [4.78, 5) is 16.6. The molecule has 2 fully saturated rings. The molecule has 0 bridgehead atoms. The first-order valence-corrected chi connectivity index (χ1v) is 10.4. The van der Waals surface area contributed by atoms with Crippen LogP contribution in [0.3, 0.4) is 0 Å². The Labute approximate surface area is 163 Å². The van der Waals surface area contributed by atoms with E-state index in [1.165, 1.54) is 61.9 Å². The van der Waals surface area contributed by atoms with Crippen molar-refractivity contribution in [2.45, 2.75) is 44.7 Å².